The van der Waals surface area contributed by atoms with E-state index in [-0.39, 0.29) is 0 Å². The van der Waals surface area contributed by atoms with Gasteiger partial charge in [0, 0.05) is 6.04 Å². The van der Waals surface area contributed by atoms with Gasteiger partial charge in [0.05, 0.1) is 0 Å². The lowest BCUT2D eigenvalue weighted by Crippen LogP contribution is -2.36. The highest BCUT2D eigenvalue weighted by molar-refractivity contribution is 5.14. The molecule has 0 bridgehead atoms. The third kappa shape index (κ3) is 3.57. The summed E-state index contributed by atoms with van der Waals surface area (Å²) >= 11 is 0. The maximum absolute atomic E-state index is 6.26. The quantitative estimate of drug-likeness (QED) is 0.838. The van der Waals surface area contributed by atoms with Gasteiger partial charge in [-0.05, 0) is 49.5 Å². The normalized spacial score (nSPS) is 29.2. The molecule has 0 saturated heterocycles. The highest BCUT2D eigenvalue weighted by Crippen LogP contribution is 2.32. The number of nitrogens with two attached hydrogens (primary N) is 1. The molecule has 17 heavy (non-hydrogen) atoms. The number of hydrogen-bond acceptors (Lipinski definition) is 1. The zero-order chi connectivity index (χ0) is 12.1. The van der Waals surface area contributed by atoms with Crippen molar-refractivity contribution in [1.29, 1.82) is 0 Å². The van der Waals surface area contributed by atoms with Gasteiger partial charge in [0.2, 0.25) is 0 Å². The maximum Gasteiger partial charge on any atom is 0.00674 e. The third-order valence-corrected chi connectivity index (χ3v) is 4.37. The van der Waals surface area contributed by atoms with Gasteiger partial charge in [0.15, 0.2) is 0 Å². The minimum Gasteiger partial charge on any atom is -0.327 e. The fraction of sp³-hybridized carbons (Fsp3) is 0.625. The van der Waals surface area contributed by atoms with Crippen LogP contribution in [0.3, 0.4) is 0 Å². The predicted molar refractivity (Wildman–Crippen MR) is 73.9 cm³/mol. The molecule has 0 heterocycles. The molecule has 1 aromatic rings. The molecule has 3 unspecified atom stereocenters. The molecule has 2 N–H and O–H groups in total. The molecule has 1 heteroatoms. The zero-order valence-corrected chi connectivity index (χ0v) is 10.9. The molecule has 0 radical (unpaired) electrons. The highest BCUT2D eigenvalue weighted by atomic mass is 14.7. The van der Waals surface area contributed by atoms with Crippen molar-refractivity contribution in [3.05, 3.63) is 35.9 Å². The molecule has 0 aliphatic heterocycles. The lowest BCUT2D eigenvalue weighted by atomic mass is 9.75. The lowest BCUT2D eigenvalue weighted by molar-refractivity contribution is 0.218. The van der Waals surface area contributed by atoms with Crippen LogP contribution in [0, 0.1) is 11.8 Å². The molecule has 94 valence electrons. The van der Waals surface area contributed by atoms with Crippen molar-refractivity contribution in [1.82, 2.24) is 0 Å². The van der Waals surface area contributed by atoms with Gasteiger partial charge in [-0.3, -0.25) is 0 Å². The Labute approximate surface area is 105 Å². The average molecular weight is 231 g/mol. The Bertz CT molecular complexity index is 320. The summed E-state index contributed by atoms with van der Waals surface area (Å²) in [5, 5.41) is 0. The summed E-state index contributed by atoms with van der Waals surface area (Å²) < 4.78 is 0. The van der Waals surface area contributed by atoms with Crippen LogP contribution in [0.25, 0.3) is 0 Å². The summed E-state index contributed by atoms with van der Waals surface area (Å²) in [5.41, 5.74) is 7.72. The van der Waals surface area contributed by atoms with E-state index in [0.29, 0.717) is 6.04 Å². The van der Waals surface area contributed by atoms with E-state index in [1.807, 2.05) is 0 Å². The average Bonchev–Trinajstić information content (AvgIpc) is 2.39. The molecular weight excluding hydrogens is 206 g/mol. The Balaban J connectivity index is 1.85. The van der Waals surface area contributed by atoms with E-state index in [0.717, 1.165) is 11.8 Å². The molecule has 1 aliphatic rings. The Morgan fingerprint density at radius 3 is 2.65 bits per heavy atom. The molecule has 1 aromatic carbocycles. The van der Waals surface area contributed by atoms with Gasteiger partial charge in [-0.25, -0.2) is 0 Å². The summed E-state index contributed by atoms with van der Waals surface area (Å²) in [5.74, 6) is 1.67. The van der Waals surface area contributed by atoms with Gasteiger partial charge in [0.25, 0.3) is 0 Å². The van der Waals surface area contributed by atoms with Gasteiger partial charge in [0.1, 0.15) is 0 Å². The summed E-state index contributed by atoms with van der Waals surface area (Å²) in [7, 11) is 0. The Hall–Kier alpha value is -0.820. The lowest BCUT2D eigenvalue weighted by Gasteiger charge is -2.33. The van der Waals surface area contributed by atoms with Crippen LogP contribution >= 0.6 is 0 Å². The van der Waals surface area contributed by atoms with Crippen molar-refractivity contribution < 1.29 is 0 Å². The molecule has 1 saturated carbocycles. The third-order valence-electron chi connectivity index (χ3n) is 4.37. The van der Waals surface area contributed by atoms with E-state index >= 15 is 0 Å². The standard InChI is InChI=1S/C16H25N/c1-2-13-9-11-16(17)15(12-13)10-8-14-6-4-3-5-7-14/h3-7,13,15-16H,2,8-12,17H2,1H3. The highest BCUT2D eigenvalue weighted by Gasteiger charge is 2.26. The second-order valence-electron chi connectivity index (χ2n) is 5.54. The summed E-state index contributed by atoms with van der Waals surface area (Å²) in [4.78, 5) is 0. The second kappa shape index (κ2) is 6.20. The van der Waals surface area contributed by atoms with Gasteiger partial charge < -0.3 is 5.73 Å². The molecule has 0 aromatic heterocycles. The van der Waals surface area contributed by atoms with Gasteiger partial charge in [-0.1, -0.05) is 43.7 Å². The number of rotatable bonds is 4. The van der Waals surface area contributed by atoms with E-state index in [2.05, 4.69) is 37.3 Å². The van der Waals surface area contributed by atoms with Crippen LogP contribution in [-0.2, 0) is 6.42 Å². The summed E-state index contributed by atoms with van der Waals surface area (Å²) in [6.45, 7) is 2.32. The van der Waals surface area contributed by atoms with Crippen molar-refractivity contribution in [2.24, 2.45) is 17.6 Å². The first-order chi connectivity index (χ1) is 8.29. The van der Waals surface area contributed by atoms with Crippen molar-refractivity contribution in [3.63, 3.8) is 0 Å². The van der Waals surface area contributed by atoms with Crippen molar-refractivity contribution in [3.8, 4) is 0 Å². The van der Waals surface area contributed by atoms with Crippen LogP contribution in [0.15, 0.2) is 30.3 Å². The van der Waals surface area contributed by atoms with E-state index in [1.165, 1.54) is 44.1 Å². The van der Waals surface area contributed by atoms with Crippen LogP contribution < -0.4 is 5.73 Å². The van der Waals surface area contributed by atoms with E-state index in [4.69, 9.17) is 5.73 Å². The molecule has 3 atom stereocenters. The predicted octanol–water partition coefficient (Wildman–Crippen LogP) is 3.77. The largest absolute Gasteiger partial charge is 0.327 e. The van der Waals surface area contributed by atoms with Crippen molar-refractivity contribution in [2.75, 3.05) is 0 Å². The van der Waals surface area contributed by atoms with Crippen LogP contribution in [0.5, 0.6) is 0 Å². The van der Waals surface area contributed by atoms with E-state index in [9.17, 15) is 0 Å². The summed E-state index contributed by atoms with van der Waals surface area (Å²) in [6.07, 6.45) is 7.72. The van der Waals surface area contributed by atoms with E-state index < -0.39 is 0 Å². The fourth-order valence-corrected chi connectivity index (χ4v) is 3.08. The molecule has 1 nitrogen and oxygen atoms in total. The van der Waals surface area contributed by atoms with E-state index in [1.54, 1.807) is 0 Å². The fourth-order valence-electron chi connectivity index (χ4n) is 3.08. The van der Waals surface area contributed by atoms with Gasteiger partial charge in [-0.2, -0.15) is 0 Å². The minimum atomic E-state index is 0.446. The molecule has 1 aliphatic carbocycles. The molecular formula is C16H25N. The maximum atomic E-state index is 6.26. The smallest absolute Gasteiger partial charge is 0.00674 e. The van der Waals surface area contributed by atoms with Crippen LogP contribution in [0.4, 0.5) is 0 Å². The molecule has 2 rings (SSSR count). The number of benzene rings is 1. The molecule has 0 spiro atoms. The van der Waals surface area contributed by atoms with Gasteiger partial charge in [-0.15, -0.1) is 0 Å². The Morgan fingerprint density at radius 2 is 1.94 bits per heavy atom. The zero-order valence-electron chi connectivity index (χ0n) is 10.9. The van der Waals surface area contributed by atoms with Crippen LogP contribution in [0.2, 0.25) is 0 Å². The number of hydrogen-bond donors (Lipinski definition) is 1. The monoisotopic (exact) mass is 231 g/mol. The van der Waals surface area contributed by atoms with Crippen molar-refractivity contribution in [2.45, 2.75) is 51.5 Å². The first kappa shape index (κ1) is 12.6. The van der Waals surface area contributed by atoms with Gasteiger partial charge >= 0.3 is 0 Å². The Morgan fingerprint density at radius 1 is 1.18 bits per heavy atom. The molecule has 1 fully saturated rings. The SMILES string of the molecule is CCC1CCC(N)C(CCc2ccccc2)C1. The second-order valence-corrected chi connectivity index (χ2v) is 5.54. The van der Waals surface area contributed by atoms with Crippen LogP contribution in [0.1, 0.15) is 44.6 Å². The Kier molecular flexibility index (Phi) is 4.61. The minimum absolute atomic E-state index is 0.446. The first-order valence-electron chi connectivity index (χ1n) is 7.09. The number of aryl methyl sites for hydroxylation is 1. The molecule has 0 amide bonds. The van der Waals surface area contributed by atoms with Crippen LogP contribution in [-0.4, -0.2) is 6.04 Å². The first-order valence-corrected chi connectivity index (χ1v) is 7.09. The topological polar surface area (TPSA) is 26.0 Å². The van der Waals surface area contributed by atoms with Crippen molar-refractivity contribution >= 4 is 0 Å². The summed E-state index contributed by atoms with van der Waals surface area (Å²) in [6, 6.07) is 11.2.